The summed E-state index contributed by atoms with van der Waals surface area (Å²) in [5.41, 5.74) is 2.72. The second-order valence-corrected chi connectivity index (χ2v) is 9.41. The lowest BCUT2D eigenvalue weighted by atomic mass is 9.88. The Morgan fingerprint density at radius 1 is 0.967 bits per heavy atom. The summed E-state index contributed by atoms with van der Waals surface area (Å²) in [6, 6.07) is 24.2. The summed E-state index contributed by atoms with van der Waals surface area (Å²) in [7, 11) is -3.79. The van der Waals surface area contributed by atoms with Crippen molar-refractivity contribution >= 4 is 42.6 Å². The van der Waals surface area contributed by atoms with Gasteiger partial charge in [0.15, 0.2) is 5.13 Å². The van der Waals surface area contributed by atoms with Crippen LogP contribution in [0.1, 0.15) is 23.5 Å². The molecule has 0 unspecified atom stereocenters. The van der Waals surface area contributed by atoms with Crippen molar-refractivity contribution < 1.29 is 13.2 Å². The fourth-order valence-electron chi connectivity index (χ4n) is 3.29. The minimum atomic E-state index is -3.79. The first kappa shape index (κ1) is 20.2. The molecule has 0 aliphatic rings. The van der Waals surface area contributed by atoms with E-state index in [4.69, 9.17) is 5.14 Å². The number of hydrogen-bond acceptors (Lipinski definition) is 5. The molecule has 4 aromatic rings. The minimum absolute atomic E-state index is 0.0183. The van der Waals surface area contributed by atoms with Crippen molar-refractivity contribution in [1.29, 1.82) is 0 Å². The summed E-state index contributed by atoms with van der Waals surface area (Å²) in [5, 5.41) is 8.45. The molecule has 1 aromatic heterocycles. The van der Waals surface area contributed by atoms with Crippen LogP contribution in [-0.4, -0.2) is 19.3 Å². The van der Waals surface area contributed by atoms with E-state index in [1.165, 1.54) is 23.5 Å². The highest BCUT2D eigenvalue weighted by Gasteiger charge is 2.19. The van der Waals surface area contributed by atoms with Crippen LogP contribution in [0.2, 0.25) is 0 Å². The van der Waals surface area contributed by atoms with Crippen LogP contribution in [0.15, 0.2) is 83.8 Å². The number of anilines is 1. The van der Waals surface area contributed by atoms with Gasteiger partial charge in [-0.3, -0.25) is 4.79 Å². The van der Waals surface area contributed by atoms with Gasteiger partial charge in [0.2, 0.25) is 15.9 Å². The molecule has 8 heteroatoms. The van der Waals surface area contributed by atoms with Gasteiger partial charge in [0.25, 0.3) is 0 Å². The Labute approximate surface area is 178 Å². The zero-order valence-corrected chi connectivity index (χ0v) is 17.5. The molecule has 1 heterocycles. The molecule has 30 heavy (non-hydrogen) atoms. The molecule has 4 rings (SSSR count). The van der Waals surface area contributed by atoms with Gasteiger partial charge in [-0.15, -0.1) is 0 Å². The zero-order chi connectivity index (χ0) is 21.1. The van der Waals surface area contributed by atoms with Gasteiger partial charge in [-0.25, -0.2) is 18.5 Å². The van der Waals surface area contributed by atoms with Crippen molar-refractivity contribution in [3.05, 3.63) is 90.0 Å². The number of amides is 1. The highest BCUT2D eigenvalue weighted by Crippen LogP contribution is 2.31. The lowest BCUT2D eigenvalue weighted by Gasteiger charge is -2.17. The number of aromatic nitrogens is 1. The molecule has 0 aliphatic carbocycles. The first-order chi connectivity index (χ1) is 14.4. The third kappa shape index (κ3) is 4.56. The molecular weight excluding hydrogens is 418 g/mol. The molecule has 0 bridgehead atoms. The van der Waals surface area contributed by atoms with Crippen LogP contribution in [0.5, 0.6) is 0 Å². The Bertz CT molecular complexity index is 1250. The standard InChI is InChI=1S/C22H19N3O3S2/c23-30(27,28)17-11-12-19-20(13-17)29-22(24-19)25-21(26)14-18(15-7-3-1-4-8-15)16-9-5-2-6-10-16/h1-13,18H,14H2,(H2,23,27,28)(H,24,25,26). The van der Waals surface area contributed by atoms with E-state index < -0.39 is 10.0 Å². The van der Waals surface area contributed by atoms with E-state index >= 15 is 0 Å². The molecule has 0 atom stereocenters. The number of rotatable bonds is 6. The van der Waals surface area contributed by atoms with Gasteiger partial charge < -0.3 is 5.32 Å². The predicted octanol–water partition coefficient (Wildman–Crippen LogP) is 4.10. The number of carbonyl (C=O) groups is 1. The second kappa shape index (κ2) is 8.35. The lowest BCUT2D eigenvalue weighted by molar-refractivity contribution is -0.116. The Kier molecular flexibility index (Phi) is 5.63. The van der Waals surface area contributed by atoms with Crippen molar-refractivity contribution in [2.24, 2.45) is 5.14 Å². The number of hydrogen-bond donors (Lipinski definition) is 2. The molecule has 3 aromatic carbocycles. The number of fused-ring (bicyclic) bond motifs is 1. The summed E-state index contributed by atoms with van der Waals surface area (Å²) in [6.07, 6.45) is 0.256. The minimum Gasteiger partial charge on any atom is -0.302 e. The molecule has 0 aliphatic heterocycles. The molecule has 0 radical (unpaired) electrons. The van der Waals surface area contributed by atoms with Crippen molar-refractivity contribution in [2.75, 3.05) is 5.32 Å². The highest BCUT2D eigenvalue weighted by atomic mass is 32.2. The fraction of sp³-hybridized carbons (Fsp3) is 0.0909. The normalized spacial score (nSPS) is 11.7. The number of primary sulfonamides is 1. The fourth-order valence-corrected chi connectivity index (χ4v) is 4.83. The highest BCUT2D eigenvalue weighted by molar-refractivity contribution is 7.89. The van der Waals surface area contributed by atoms with Crippen molar-refractivity contribution in [3.63, 3.8) is 0 Å². The van der Waals surface area contributed by atoms with Crippen LogP contribution in [-0.2, 0) is 14.8 Å². The Hall–Kier alpha value is -3.07. The molecule has 0 spiro atoms. The van der Waals surface area contributed by atoms with E-state index in [1.54, 1.807) is 6.07 Å². The number of benzene rings is 3. The first-order valence-corrected chi connectivity index (χ1v) is 11.6. The van der Waals surface area contributed by atoms with E-state index in [9.17, 15) is 13.2 Å². The van der Waals surface area contributed by atoms with Crippen LogP contribution < -0.4 is 10.5 Å². The average Bonchev–Trinajstić information content (AvgIpc) is 3.14. The Morgan fingerprint density at radius 2 is 1.57 bits per heavy atom. The van der Waals surface area contributed by atoms with E-state index in [0.29, 0.717) is 15.3 Å². The zero-order valence-electron chi connectivity index (χ0n) is 15.9. The molecule has 3 N–H and O–H groups in total. The topological polar surface area (TPSA) is 102 Å². The summed E-state index contributed by atoms with van der Waals surface area (Å²) >= 11 is 1.21. The van der Waals surface area contributed by atoms with Crippen LogP contribution in [0.4, 0.5) is 5.13 Å². The van der Waals surface area contributed by atoms with Gasteiger partial charge >= 0.3 is 0 Å². The number of sulfonamides is 1. The van der Waals surface area contributed by atoms with Crippen LogP contribution >= 0.6 is 11.3 Å². The molecule has 0 fully saturated rings. The third-order valence-electron chi connectivity index (χ3n) is 4.73. The summed E-state index contributed by atoms with van der Waals surface area (Å²) < 4.78 is 23.7. The Balaban J connectivity index is 1.56. The summed E-state index contributed by atoms with van der Waals surface area (Å²) in [5.74, 6) is -0.255. The molecule has 1 amide bonds. The number of nitrogens with two attached hydrogens (primary N) is 1. The SMILES string of the molecule is NS(=O)(=O)c1ccc2nc(NC(=O)CC(c3ccccc3)c3ccccc3)sc2c1. The van der Waals surface area contributed by atoms with Crippen LogP contribution in [0, 0.1) is 0 Å². The van der Waals surface area contributed by atoms with Gasteiger partial charge in [-0.1, -0.05) is 72.0 Å². The maximum absolute atomic E-state index is 12.8. The molecule has 0 saturated carbocycles. The molecule has 6 nitrogen and oxygen atoms in total. The summed E-state index contributed by atoms with van der Waals surface area (Å²) in [6.45, 7) is 0. The second-order valence-electron chi connectivity index (χ2n) is 6.82. The molecule has 152 valence electrons. The lowest BCUT2D eigenvalue weighted by Crippen LogP contribution is -2.16. The van der Waals surface area contributed by atoms with E-state index in [-0.39, 0.29) is 23.1 Å². The Morgan fingerprint density at radius 3 is 2.13 bits per heavy atom. The number of carbonyl (C=O) groups excluding carboxylic acids is 1. The van der Waals surface area contributed by atoms with E-state index in [2.05, 4.69) is 10.3 Å². The monoisotopic (exact) mass is 437 g/mol. The number of thiazole rings is 1. The van der Waals surface area contributed by atoms with Crippen LogP contribution in [0.25, 0.3) is 10.2 Å². The quantitative estimate of drug-likeness (QED) is 0.474. The largest absolute Gasteiger partial charge is 0.302 e. The van der Waals surface area contributed by atoms with Gasteiger partial charge in [-0.2, -0.15) is 0 Å². The first-order valence-electron chi connectivity index (χ1n) is 9.23. The van der Waals surface area contributed by atoms with Gasteiger partial charge in [0, 0.05) is 12.3 Å². The van der Waals surface area contributed by atoms with E-state index in [0.717, 1.165) is 11.1 Å². The molecule has 0 saturated heterocycles. The van der Waals surface area contributed by atoms with Gasteiger partial charge in [-0.05, 0) is 29.3 Å². The molecular formula is C22H19N3O3S2. The third-order valence-corrected chi connectivity index (χ3v) is 6.57. The van der Waals surface area contributed by atoms with Crippen LogP contribution in [0.3, 0.4) is 0 Å². The van der Waals surface area contributed by atoms with Crippen molar-refractivity contribution in [2.45, 2.75) is 17.2 Å². The smallest absolute Gasteiger partial charge is 0.238 e. The van der Waals surface area contributed by atoms with Crippen molar-refractivity contribution in [3.8, 4) is 0 Å². The van der Waals surface area contributed by atoms with Crippen molar-refractivity contribution in [1.82, 2.24) is 4.98 Å². The average molecular weight is 438 g/mol. The maximum Gasteiger partial charge on any atom is 0.238 e. The predicted molar refractivity (Wildman–Crippen MR) is 119 cm³/mol. The van der Waals surface area contributed by atoms with E-state index in [1.807, 2.05) is 60.7 Å². The summed E-state index contributed by atoms with van der Waals surface area (Å²) in [4.78, 5) is 17.2. The number of nitrogens with zero attached hydrogens (tertiary/aromatic N) is 1. The van der Waals surface area contributed by atoms with Gasteiger partial charge in [0.05, 0.1) is 15.1 Å². The number of nitrogens with one attached hydrogen (secondary N) is 1. The van der Waals surface area contributed by atoms with Gasteiger partial charge in [0.1, 0.15) is 0 Å². The maximum atomic E-state index is 12.8.